The van der Waals surface area contributed by atoms with Crippen LogP contribution in [0.25, 0.3) is 0 Å². The molecular weight excluding hydrogens is 368 g/mol. The number of furan rings is 1. The van der Waals surface area contributed by atoms with Crippen LogP contribution < -0.4 is 10.1 Å². The lowest BCUT2D eigenvalue weighted by molar-refractivity contribution is 0.176. The number of carbonyl (C=O) groups is 1. The van der Waals surface area contributed by atoms with Gasteiger partial charge in [-0.05, 0) is 50.6 Å². The molecule has 0 aliphatic rings. The largest absolute Gasteiger partial charge is 0.497 e. The number of imidazole rings is 1. The molecule has 7 nitrogen and oxygen atoms in total. The van der Waals surface area contributed by atoms with Crippen molar-refractivity contribution in [3.05, 3.63) is 72.2 Å². The van der Waals surface area contributed by atoms with Crippen LogP contribution in [-0.4, -0.2) is 33.1 Å². The van der Waals surface area contributed by atoms with E-state index in [1.165, 1.54) is 0 Å². The van der Waals surface area contributed by atoms with E-state index in [1.807, 2.05) is 67.9 Å². The second kappa shape index (κ2) is 8.86. The van der Waals surface area contributed by atoms with Gasteiger partial charge in [-0.1, -0.05) is 12.1 Å². The number of benzene rings is 1. The Balaban J connectivity index is 1.78. The molecule has 154 valence electrons. The number of rotatable bonds is 7. The van der Waals surface area contributed by atoms with Crippen LogP contribution in [0.4, 0.5) is 4.79 Å². The SMILES string of the molecule is COc1cccc(Cn2ccnc2CN(Cc2ccco2)C(=O)NC(C)(C)C)c1. The van der Waals surface area contributed by atoms with E-state index in [1.54, 1.807) is 24.5 Å². The molecule has 0 aliphatic carbocycles. The molecule has 7 heteroatoms. The van der Waals surface area contributed by atoms with Crippen molar-refractivity contribution in [2.75, 3.05) is 7.11 Å². The summed E-state index contributed by atoms with van der Waals surface area (Å²) in [7, 11) is 1.65. The summed E-state index contributed by atoms with van der Waals surface area (Å²) >= 11 is 0. The third kappa shape index (κ3) is 5.88. The van der Waals surface area contributed by atoms with Crippen LogP contribution in [0.1, 0.15) is 37.9 Å². The Morgan fingerprint density at radius 2 is 2.07 bits per heavy atom. The first-order chi connectivity index (χ1) is 13.8. The van der Waals surface area contributed by atoms with Gasteiger partial charge in [-0.25, -0.2) is 9.78 Å². The quantitative estimate of drug-likeness (QED) is 0.654. The molecule has 2 amide bonds. The summed E-state index contributed by atoms with van der Waals surface area (Å²) < 4.78 is 12.8. The van der Waals surface area contributed by atoms with E-state index in [4.69, 9.17) is 9.15 Å². The van der Waals surface area contributed by atoms with Gasteiger partial charge < -0.3 is 23.9 Å². The number of nitrogens with one attached hydrogen (secondary N) is 1. The van der Waals surface area contributed by atoms with Gasteiger partial charge in [-0.3, -0.25) is 0 Å². The highest BCUT2D eigenvalue weighted by Gasteiger charge is 2.22. The summed E-state index contributed by atoms with van der Waals surface area (Å²) in [6, 6.07) is 11.4. The van der Waals surface area contributed by atoms with E-state index < -0.39 is 0 Å². The first-order valence-corrected chi connectivity index (χ1v) is 9.56. The van der Waals surface area contributed by atoms with Gasteiger partial charge in [0.25, 0.3) is 0 Å². The standard InChI is InChI=1S/C22H28N4O3/c1-22(2,3)24-21(27)26(15-19-9-6-12-29-19)16-20-23-10-11-25(20)14-17-7-5-8-18(13-17)28-4/h5-13H,14-16H2,1-4H3,(H,24,27). The van der Waals surface area contributed by atoms with Crippen molar-refractivity contribution in [1.82, 2.24) is 19.8 Å². The molecule has 0 spiro atoms. The van der Waals surface area contributed by atoms with Crippen molar-refractivity contribution in [2.24, 2.45) is 0 Å². The van der Waals surface area contributed by atoms with Gasteiger partial charge in [0.1, 0.15) is 17.3 Å². The Labute approximate surface area is 171 Å². The van der Waals surface area contributed by atoms with Gasteiger partial charge in [0.2, 0.25) is 0 Å². The van der Waals surface area contributed by atoms with Crippen molar-refractivity contribution >= 4 is 6.03 Å². The molecule has 0 fully saturated rings. The fraction of sp³-hybridized carbons (Fsp3) is 0.364. The number of nitrogens with zero attached hydrogens (tertiary/aromatic N) is 3. The maximum Gasteiger partial charge on any atom is 0.318 e. The summed E-state index contributed by atoms with van der Waals surface area (Å²) in [5.41, 5.74) is 0.759. The maximum absolute atomic E-state index is 12.9. The topological polar surface area (TPSA) is 72.5 Å². The first kappa shape index (κ1) is 20.5. The minimum atomic E-state index is -0.339. The van der Waals surface area contributed by atoms with E-state index in [-0.39, 0.29) is 11.6 Å². The lowest BCUT2D eigenvalue weighted by Crippen LogP contribution is -2.48. The van der Waals surface area contributed by atoms with E-state index in [2.05, 4.69) is 10.3 Å². The van der Waals surface area contributed by atoms with E-state index in [9.17, 15) is 4.79 Å². The number of ether oxygens (including phenoxy) is 1. The molecular formula is C22H28N4O3. The lowest BCUT2D eigenvalue weighted by Gasteiger charge is -2.28. The molecule has 0 unspecified atom stereocenters. The Morgan fingerprint density at radius 3 is 2.76 bits per heavy atom. The van der Waals surface area contributed by atoms with Crippen molar-refractivity contribution in [3.63, 3.8) is 0 Å². The Kier molecular flexibility index (Phi) is 6.26. The zero-order valence-corrected chi connectivity index (χ0v) is 17.4. The molecule has 3 rings (SSSR count). The molecule has 2 aromatic heterocycles. The first-order valence-electron chi connectivity index (χ1n) is 9.56. The number of methoxy groups -OCH3 is 1. The second-order valence-electron chi connectivity index (χ2n) is 7.94. The van der Waals surface area contributed by atoms with Crippen LogP contribution in [0, 0.1) is 0 Å². The number of hydrogen-bond acceptors (Lipinski definition) is 4. The molecule has 1 aromatic carbocycles. The average molecular weight is 396 g/mol. The predicted molar refractivity (Wildman–Crippen MR) is 111 cm³/mol. The van der Waals surface area contributed by atoms with Crippen LogP contribution in [0.3, 0.4) is 0 Å². The third-order valence-electron chi connectivity index (χ3n) is 4.32. The Morgan fingerprint density at radius 1 is 1.24 bits per heavy atom. The van der Waals surface area contributed by atoms with Crippen LogP contribution in [-0.2, 0) is 19.6 Å². The fourth-order valence-corrected chi connectivity index (χ4v) is 2.96. The maximum atomic E-state index is 12.9. The van der Waals surface area contributed by atoms with E-state index in [0.29, 0.717) is 19.6 Å². The van der Waals surface area contributed by atoms with Crippen molar-refractivity contribution in [1.29, 1.82) is 0 Å². The summed E-state index contributed by atoms with van der Waals surface area (Å²) in [5.74, 6) is 2.33. The highest BCUT2D eigenvalue weighted by Crippen LogP contribution is 2.16. The van der Waals surface area contributed by atoms with Crippen LogP contribution >= 0.6 is 0 Å². The molecule has 0 aliphatic heterocycles. The predicted octanol–water partition coefficient (Wildman–Crippen LogP) is 4.04. The van der Waals surface area contributed by atoms with Gasteiger partial charge in [-0.15, -0.1) is 0 Å². The lowest BCUT2D eigenvalue weighted by atomic mass is 10.1. The van der Waals surface area contributed by atoms with Crippen LogP contribution in [0.2, 0.25) is 0 Å². The fourth-order valence-electron chi connectivity index (χ4n) is 2.96. The number of hydrogen-bond donors (Lipinski definition) is 1. The minimum absolute atomic E-state index is 0.162. The molecule has 0 saturated carbocycles. The number of carbonyl (C=O) groups excluding carboxylic acids is 1. The zero-order valence-electron chi connectivity index (χ0n) is 17.4. The molecule has 2 heterocycles. The van der Waals surface area contributed by atoms with Gasteiger partial charge in [0, 0.05) is 24.5 Å². The van der Waals surface area contributed by atoms with Gasteiger partial charge in [-0.2, -0.15) is 0 Å². The smallest absolute Gasteiger partial charge is 0.318 e. The summed E-state index contributed by atoms with van der Waals surface area (Å²) in [4.78, 5) is 19.1. The Hall–Kier alpha value is -3.22. The second-order valence-corrected chi connectivity index (χ2v) is 7.94. The van der Waals surface area contributed by atoms with Crippen LogP contribution in [0.15, 0.2) is 59.5 Å². The highest BCUT2D eigenvalue weighted by atomic mass is 16.5. The number of urea groups is 1. The van der Waals surface area contributed by atoms with Gasteiger partial charge >= 0.3 is 6.03 Å². The van der Waals surface area contributed by atoms with Crippen LogP contribution in [0.5, 0.6) is 5.75 Å². The molecule has 1 N–H and O–H groups in total. The summed E-state index contributed by atoms with van der Waals surface area (Å²) in [5, 5.41) is 3.02. The van der Waals surface area contributed by atoms with E-state index >= 15 is 0 Å². The molecule has 0 atom stereocenters. The molecule has 3 aromatic rings. The number of amides is 2. The van der Waals surface area contributed by atoms with Gasteiger partial charge in [0.15, 0.2) is 0 Å². The highest BCUT2D eigenvalue weighted by molar-refractivity contribution is 5.74. The van der Waals surface area contributed by atoms with Crippen molar-refractivity contribution in [2.45, 2.75) is 45.9 Å². The summed E-state index contributed by atoms with van der Waals surface area (Å²) in [6.45, 7) is 7.24. The average Bonchev–Trinajstić information content (AvgIpc) is 3.32. The molecule has 0 bridgehead atoms. The zero-order chi connectivity index (χ0) is 20.9. The van der Waals surface area contributed by atoms with Gasteiger partial charge in [0.05, 0.1) is 26.5 Å². The molecule has 0 saturated heterocycles. The van der Waals surface area contributed by atoms with Crippen molar-refractivity contribution < 1.29 is 13.9 Å². The normalized spacial score (nSPS) is 11.3. The third-order valence-corrected chi connectivity index (χ3v) is 4.32. The summed E-state index contributed by atoms with van der Waals surface area (Å²) in [6.07, 6.45) is 5.28. The number of aromatic nitrogens is 2. The van der Waals surface area contributed by atoms with E-state index in [0.717, 1.165) is 22.9 Å². The minimum Gasteiger partial charge on any atom is -0.497 e. The Bertz CT molecular complexity index is 926. The molecule has 29 heavy (non-hydrogen) atoms. The molecule has 0 radical (unpaired) electrons. The van der Waals surface area contributed by atoms with Crippen molar-refractivity contribution in [3.8, 4) is 5.75 Å². The monoisotopic (exact) mass is 396 g/mol.